The highest BCUT2D eigenvalue weighted by molar-refractivity contribution is 6.11. The lowest BCUT2D eigenvalue weighted by Gasteiger charge is -2.26. The number of aromatic nitrogens is 1. The van der Waals surface area contributed by atoms with Gasteiger partial charge in [0.25, 0.3) is 0 Å². The summed E-state index contributed by atoms with van der Waals surface area (Å²) in [4.78, 5) is 2.34. The van der Waals surface area contributed by atoms with E-state index in [1.165, 1.54) is 38.5 Å². The van der Waals surface area contributed by atoms with Crippen LogP contribution in [0.4, 0.5) is 17.1 Å². The van der Waals surface area contributed by atoms with E-state index in [1.54, 1.807) is 0 Å². The van der Waals surface area contributed by atoms with Gasteiger partial charge in [-0.05, 0) is 136 Å². The summed E-state index contributed by atoms with van der Waals surface area (Å²) >= 11 is 0. The van der Waals surface area contributed by atoms with Gasteiger partial charge in [-0.1, -0.05) is 152 Å². The average Bonchev–Trinajstić information content (AvgIpc) is 3.90. The Hall–Kier alpha value is -8.40. The van der Waals surface area contributed by atoms with Crippen LogP contribution >= 0.6 is 0 Å². The molecule has 0 radical (unpaired) electrons. The van der Waals surface area contributed by atoms with E-state index in [1.807, 2.05) is 12.1 Å². The Balaban J connectivity index is 1.01. The highest BCUT2D eigenvalue weighted by Crippen LogP contribution is 2.43. The third kappa shape index (κ3) is 6.46. The van der Waals surface area contributed by atoms with E-state index in [0.717, 1.165) is 72.5 Å². The fraction of sp³-hybridized carbons (Fsp3) is 0. The van der Waals surface area contributed by atoms with Crippen molar-refractivity contribution in [2.75, 3.05) is 4.90 Å². The van der Waals surface area contributed by atoms with Crippen LogP contribution in [0, 0.1) is 0 Å². The van der Waals surface area contributed by atoms with Gasteiger partial charge in [0, 0.05) is 44.3 Å². The van der Waals surface area contributed by atoms with Crippen molar-refractivity contribution >= 4 is 60.8 Å². The summed E-state index contributed by atoms with van der Waals surface area (Å²) in [5.41, 5.74) is 17.8. The number of benzene rings is 10. The quantitative estimate of drug-likeness (QED) is 0.153. The van der Waals surface area contributed by atoms with Crippen LogP contribution in [0.2, 0.25) is 0 Å². The monoisotopic (exact) mass is 804 g/mol. The molecule has 296 valence electrons. The topological polar surface area (TPSA) is 21.3 Å². The van der Waals surface area contributed by atoms with Gasteiger partial charge in [0.2, 0.25) is 0 Å². The highest BCUT2D eigenvalue weighted by Gasteiger charge is 2.18. The summed E-state index contributed by atoms with van der Waals surface area (Å²) < 4.78 is 8.85. The van der Waals surface area contributed by atoms with Gasteiger partial charge in [-0.3, -0.25) is 0 Å². The molecule has 0 saturated carbocycles. The largest absolute Gasteiger partial charge is 0.456 e. The summed E-state index contributed by atoms with van der Waals surface area (Å²) in [7, 11) is 0. The predicted molar refractivity (Wildman–Crippen MR) is 264 cm³/mol. The summed E-state index contributed by atoms with van der Waals surface area (Å²) in [5.74, 6) is 0. The zero-order valence-corrected chi connectivity index (χ0v) is 34.4. The van der Waals surface area contributed by atoms with Gasteiger partial charge in [0.05, 0.1) is 11.0 Å². The number of rotatable bonds is 8. The molecule has 0 N–H and O–H groups in total. The molecular formula is C60H40N2O. The van der Waals surface area contributed by atoms with Crippen molar-refractivity contribution in [3.63, 3.8) is 0 Å². The first-order chi connectivity index (χ1) is 31.2. The third-order valence-electron chi connectivity index (χ3n) is 12.4. The fourth-order valence-electron chi connectivity index (χ4n) is 9.39. The Kier molecular flexibility index (Phi) is 8.83. The van der Waals surface area contributed by atoms with E-state index in [4.69, 9.17) is 4.42 Å². The van der Waals surface area contributed by atoms with Crippen LogP contribution in [-0.2, 0) is 0 Å². The zero-order valence-electron chi connectivity index (χ0n) is 34.4. The molecule has 10 aromatic carbocycles. The molecule has 0 fully saturated rings. The van der Waals surface area contributed by atoms with Crippen LogP contribution in [0.3, 0.4) is 0 Å². The lowest BCUT2D eigenvalue weighted by Crippen LogP contribution is -2.09. The molecule has 0 aliphatic heterocycles. The van der Waals surface area contributed by atoms with E-state index < -0.39 is 0 Å². The standard InChI is InChI=1S/C60H40N2O/c1-4-15-41(16-5-1)42-27-32-49(33-28-42)61(47-18-6-2-7-19-47)50-22-14-17-45(37-50)51-34-29-43(38-55(51)46-30-35-54-53-24-11-13-26-59(53)63-60(54)40-46)44-31-36-58-56(39-44)52-23-10-12-25-57(52)62(58)48-20-8-3-9-21-48/h1-40H. The van der Waals surface area contributed by atoms with Crippen molar-refractivity contribution in [1.29, 1.82) is 0 Å². The zero-order chi connectivity index (χ0) is 41.7. The fourth-order valence-corrected chi connectivity index (χ4v) is 9.39. The highest BCUT2D eigenvalue weighted by atomic mass is 16.3. The molecule has 3 heteroatoms. The number of hydrogen-bond acceptors (Lipinski definition) is 2. The minimum Gasteiger partial charge on any atom is -0.456 e. The molecule has 0 amide bonds. The number of para-hydroxylation sites is 4. The molecule has 63 heavy (non-hydrogen) atoms. The van der Waals surface area contributed by atoms with Crippen molar-refractivity contribution in [3.8, 4) is 50.2 Å². The molecule has 3 nitrogen and oxygen atoms in total. The minimum absolute atomic E-state index is 0.878. The van der Waals surface area contributed by atoms with Gasteiger partial charge in [-0.25, -0.2) is 0 Å². The third-order valence-corrected chi connectivity index (χ3v) is 12.4. The number of nitrogens with zero attached hydrogens (tertiary/aromatic N) is 2. The Morgan fingerprint density at radius 3 is 1.67 bits per heavy atom. The SMILES string of the molecule is c1ccc(-c2ccc(N(c3ccccc3)c3cccc(-c4ccc(-c5ccc6c(c5)c5ccccc5n6-c5ccccc5)cc4-c4ccc5c(c4)oc4ccccc45)c3)cc2)cc1. The predicted octanol–water partition coefficient (Wildman–Crippen LogP) is 16.8. The molecule has 0 aliphatic carbocycles. The van der Waals surface area contributed by atoms with E-state index in [-0.39, 0.29) is 0 Å². The molecule has 12 aromatic rings. The lowest BCUT2D eigenvalue weighted by atomic mass is 9.90. The van der Waals surface area contributed by atoms with Crippen LogP contribution in [0.25, 0.3) is 93.9 Å². The first kappa shape index (κ1) is 36.5. The first-order valence-electron chi connectivity index (χ1n) is 21.5. The molecule has 0 bridgehead atoms. The molecule has 0 aliphatic rings. The second-order valence-corrected chi connectivity index (χ2v) is 16.1. The van der Waals surface area contributed by atoms with E-state index >= 15 is 0 Å². The van der Waals surface area contributed by atoms with Crippen molar-refractivity contribution < 1.29 is 4.42 Å². The smallest absolute Gasteiger partial charge is 0.136 e. The van der Waals surface area contributed by atoms with Gasteiger partial charge >= 0.3 is 0 Å². The molecule has 2 aromatic heterocycles. The summed E-state index contributed by atoms with van der Waals surface area (Å²) in [6, 6.07) is 87.1. The van der Waals surface area contributed by atoms with Crippen LogP contribution < -0.4 is 4.90 Å². The van der Waals surface area contributed by atoms with Crippen LogP contribution in [0.5, 0.6) is 0 Å². The van der Waals surface area contributed by atoms with E-state index in [2.05, 4.69) is 240 Å². The van der Waals surface area contributed by atoms with Gasteiger partial charge in [-0.2, -0.15) is 0 Å². The van der Waals surface area contributed by atoms with Crippen LogP contribution in [-0.4, -0.2) is 4.57 Å². The summed E-state index contributed by atoms with van der Waals surface area (Å²) in [5, 5.41) is 4.71. The van der Waals surface area contributed by atoms with Crippen molar-refractivity contribution in [2.24, 2.45) is 0 Å². The van der Waals surface area contributed by atoms with Gasteiger partial charge < -0.3 is 13.9 Å². The maximum Gasteiger partial charge on any atom is 0.136 e. The Bertz CT molecular complexity index is 3600. The van der Waals surface area contributed by atoms with E-state index in [0.29, 0.717) is 0 Å². The average molecular weight is 805 g/mol. The molecule has 0 spiro atoms. The Morgan fingerprint density at radius 2 is 0.841 bits per heavy atom. The number of fused-ring (bicyclic) bond motifs is 6. The second-order valence-electron chi connectivity index (χ2n) is 16.1. The van der Waals surface area contributed by atoms with Crippen molar-refractivity contribution in [2.45, 2.75) is 0 Å². The minimum atomic E-state index is 0.878. The first-order valence-corrected chi connectivity index (χ1v) is 21.5. The van der Waals surface area contributed by atoms with Crippen LogP contribution in [0.15, 0.2) is 247 Å². The maximum absolute atomic E-state index is 6.48. The molecule has 2 heterocycles. The summed E-state index contributed by atoms with van der Waals surface area (Å²) in [6.45, 7) is 0. The Morgan fingerprint density at radius 1 is 0.286 bits per heavy atom. The second kappa shape index (κ2) is 15.3. The molecule has 12 rings (SSSR count). The number of furan rings is 1. The molecule has 0 atom stereocenters. The van der Waals surface area contributed by atoms with Gasteiger partial charge in [-0.15, -0.1) is 0 Å². The summed E-state index contributed by atoms with van der Waals surface area (Å²) in [6.07, 6.45) is 0. The van der Waals surface area contributed by atoms with Gasteiger partial charge in [0.1, 0.15) is 11.2 Å². The molecular weight excluding hydrogens is 765 g/mol. The van der Waals surface area contributed by atoms with Gasteiger partial charge in [0.15, 0.2) is 0 Å². The number of anilines is 3. The maximum atomic E-state index is 6.48. The van der Waals surface area contributed by atoms with Crippen molar-refractivity contribution in [1.82, 2.24) is 4.57 Å². The van der Waals surface area contributed by atoms with Crippen LogP contribution in [0.1, 0.15) is 0 Å². The van der Waals surface area contributed by atoms with Crippen molar-refractivity contribution in [3.05, 3.63) is 243 Å². The molecule has 0 unspecified atom stereocenters. The lowest BCUT2D eigenvalue weighted by molar-refractivity contribution is 0.669. The van der Waals surface area contributed by atoms with E-state index in [9.17, 15) is 0 Å². The number of hydrogen-bond donors (Lipinski definition) is 0. The normalized spacial score (nSPS) is 11.5. The Labute approximate surface area is 366 Å². The molecule has 0 saturated heterocycles.